The maximum atomic E-state index is 11.8. The van der Waals surface area contributed by atoms with Crippen molar-refractivity contribution in [3.05, 3.63) is 18.0 Å². The fraction of sp³-hybridized carbons (Fsp3) is 0.733. The average Bonchev–Trinajstić information content (AvgIpc) is 2.95. The number of methoxy groups -OCH3 is 1. The fourth-order valence-electron chi connectivity index (χ4n) is 2.89. The van der Waals surface area contributed by atoms with Crippen molar-refractivity contribution in [3.8, 4) is 0 Å². The van der Waals surface area contributed by atoms with E-state index < -0.39 is 5.41 Å². The molecule has 1 aliphatic carbocycles. The van der Waals surface area contributed by atoms with Gasteiger partial charge in [-0.25, -0.2) is 0 Å². The van der Waals surface area contributed by atoms with E-state index in [0.717, 1.165) is 5.69 Å². The number of carbonyl (C=O) groups excluding carboxylic acids is 1. The molecule has 1 heterocycles. The summed E-state index contributed by atoms with van der Waals surface area (Å²) in [7, 11) is 1.40. The molecule has 0 bridgehead atoms. The third-order valence-corrected chi connectivity index (χ3v) is 4.31. The normalized spacial score (nSPS) is 19.6. The number of carbonyl (C=O) groups is 1. The van der Waals surface area contributed by atoms with Crippen molar-refractivity contribution in [2.75, 3.05) is 13.7 Å². The molecule has 0 aliphatic heterocycles. The molecule has 1 aromatic rings. The SMILES string of the molecule is COC(=O)C(C)(CN)Cc1ccn(C2CCCCC2)n1. The Bertz CT molecular complexity index is 452. The fourth-order valence-corrected chi connectivity index (χ4v) is 2.89. The highest BCUT2D eigenvalue weighted by Gasteiger charge is 2.34. The number of esters is 1. The number of rotatable bonds is 5. The van der Waals surface area contributed by atoms with Crippen LogP contribution in [0.5, 0.6) is 0 Å². The Kier molecular flexibility index (Phi) is 4.81. The standard InChI is InChI=1S/C15H25N3O2/c1-15(11-16,14(19)20-2)10-12-8-9-18(17-12)13-6-4-3-5-7-13/h8-9,13H,3-7,10-11,16H2,1-2H3. The van der Waals surface area contributed by atoms with Crippen molar-refractivity contribution < 1.29 is 9.53 Å². The maximum absolute atomic E-state index is 11.8. The zero-order valence-electron chi connectivity index (χ0n) is 12.5. The minimum atomic E-state index is -0.694. The molecule has 0 aromatic carbocycles. The summed E-state index contributed by atoms with van der Waals surface area (Å²) >= 11 is 0. The third-order valence-electron chi connectivity index (χ3n) is 4.31. The van der Waals surface area contributed by atoms with Crippen molar-refractivity contribution in [3.63, 3.8) is 0 Å². The Balaban J connectivity index is 2.06. The average molecular weight is 279 g/mol. The van der Waals surface area contributed by atoms with E-state index in [1.165, 1.54) is 39.2 Å². The summed E-state index contributed by atoms with van der Waals surface area (Å²) in [5.41, 5.74) is 5.96. The van der Waals surface area contributed by atoms with E-state index in [9.17, 15) is 4.79 Å². The third kappa shape index (κ3) is 3.20. The number of aromatic nitrogens is 2. The van der Waals surface area contributed by atoms with Gasteiger partial charge in [0.25, 0.3) is 0 Å². The van der Waals surface area contributed by atoms with Gasteiger partial charge in [0, 0.05) is 19.2 Å². The molecule has 0 saturated heterocycles. The molecule has 1 aliphatic rings. The molecule has 1 atom stereocenters. The zero-order chi connectivity index (χ0) is 14.6. The topological polar surface area (TPSA) is 70.1 Å². The summed E-state index contributed by atoms with van der Waals surface area (Å²) < 4.78 is 6.91. The van der Waals surface area contributed by atoms with Crippen LogP contribution in [0.15, 0.2) is 12.3 Å². The smallest absolute Gasteiger partial charge is 0.313 e. The molecule has 5 nitrogen and oxygen atoms in total. The Hall–Kier alpha value is -1.36. The van der Waals surface area contributed by atoms with E-state index in [-0.39, 0.29) is 12.5 Å². The second-order valence-electron chi connectivity index (χ2n) is 6.01. The first-order valence-electron chi connectivity index (χ1n) is 7.41. The van der Waals surface area contributed by atoms with E-state index in [4.69, 9.17) is 10.5 Å². The zero-order valence-corrected chi connectivity index (χ0v) is 12.5. The van der Waals surface area contributed by atoms with Gasteiger partial charge in [0.2, 0.25) is 0 Å². The van der Waals surface area contributed by atoms with Crippen molar-refractivity contribution in [2.24, 2.45) is 11.1 Å². The summed E-state index contributed by atoms with van der Waals surface area (Å²) in [4.78, 5) is 11.8. The Morgan fingerprint density at radius 3 is 2.80 bits per heavy atom. The number of hydrogen-bond acceptors (Lipinski definition) is 4. The first kappa shape index (κ1) is 15.0. The Labute approximate surface area is 120 Å². The van der Waals surface area contributed by atoms with Gasteiger partial charge in [-0.15, -0.1) is 0 Å². The number of hydrogen-bond donors (Lipinski definition) is 1. The summed E-state index contributed by atoms with van der Waals surface area (Å²) in [6, 6.07) is 2.51. The van der Waals surface area contributed by atoms with E-state index in [2.05, 4.69) is 9.78 Å². The highest BCUT2D eigenvalue weighted by atomic mass is 16.5. The lowest BCUT2D eigenvalue weighted by Crippen LogP contribution is -2.38. The second kappa shape index (κ2) is 6.39. The first-order valence-corrected chi connectivity index (χ1v) is 7.41. The minimum Gasteiger partial charge on any atom is -0.469 e. The molecule has 0 amide bonds. The highest BCUT2D eigenvalue weighted by molar-refractivity contribution is 5.76. The van der Waals surface area contributed by atoms with Crippen LogP contribution in [0.4, 0.5) is 0 Å². The molecule has 1 saturated carbocycles. The van der Waals surface area contributed by atoms with E-state index >= 15 is 0 Å². The van der Waals surface area contributed by atoms with Gasteiger partial charge in [0.1, 0.15) is 0 Å². The monoisotopic (exact) mass is 279 g/mol. The van der Waals surface area contributed by atoms with Crippen molar-refractivity contribution in [1.29, 1.82) is 0 Å². The number of ether oxygens (including phenoxy) is 1. The highest BCUT2D eigenvalue weighted by Crippen LogP contribution is 2.28. The molecular weight excluding hydrogens is 254 g/mol. The summed E-state index contributed by atoms with van der Waals surface area (Å²) in [6.07, 6.45) is 8.84. The molecular formula is C15H25N3O2. The molecule has 0 radical (unpaired) electrons. The van der Waals surface area contributed by atoms with E-state index in [0.29, 0.717) is 12.5 Å². The molecule has 112 valence electrons. The van der Waals surface area contributed by atoms with Crippen LogP contribution in [0.2, 0.25) is 0 Å². The van der Waals surface area contributed by atoms with Crippen LogP contribution < -0.4 is 5.73 Å². The molecule has 5 heteroatoms. The van der Waals surface area contributed by atoms with Crippen LogP contribution in [0.25, 0.3) is 0 Å². The lowest BCUT2D eigenvalue weighted by atomic mass is 9.85. The van der Waals surface area contributed by atoms with Crippen molar-refractivity contribution >= 4 is 5.97 Å². The van der Waals surface area contributed by atoms with Crippen LogP contribution in [0, 0.1) is 5.41 Å². The van der Waals surface area contributed by atoms with E-state index in [1.54, 1.807) is 0 Å². The molecule has 2 rings (SSSR count). The summed E-state index contributed by atoms with van der Waals surface area (Å²) in [6.45, 7) is 2.09. The van der Waals surface area contributed by atoms with Gasteiger partial charge in [-0.05, 0) is 25.8 Å². The predicted molar refractivity (Wildman–Crippen MR) is 77.2 cm³/mol. The predicted octanol–water partition coefficient (Wildman–Crippen LogP) is 2.07. The van der Waals surface area contributed by atoms with Crippen molar-refractivity contribution in [2.45, 2.75) is 51.5 Å². The van der Waals surface area contributed by atoms with Gasteiger partial charge < -0.3 is 10.5 Å². The van der Waals surface area contributed by atoms with Crippen LogP contribution in [-0.2, 0) is 16.0 Å². The molecule has 0 spiro atoms. The van der Waals surface area contributed by atoms with Crippen molar-refractivity contribution in [1.82, 2.24) is 9.78 Å². The van der Waals surface area contributed by atoms with E-state index in [1.807, 2.05) is 19.2 Å². The van der Waals surface area contributed by atoms with Gasteiger partial charge in [0.05, 0.1) is 24.3 Å². The first-order chi connectivity index (χ1) is 9.59. The Morgan fingerprint density at radius 1 is 1.50 bits per heavy atom. The number of nitrogens with zero attached hydrogens (tertiary/aromatic N) is 2. The van der Waals surface area contributed by atoms with Gasteiger partial charge in [0.15, 0.2) is 0 Å². The van der Waals surface area contributed by atoms with Gasteiger partial charge in [-0.2, -0.15) is 5.10 Å². The molecule has 1 unspecified atom stereocenters. The van der Waals surface area contributed by atoms with Crippen LogP contribution >= 0.6 is 0 Å². The minimum absolute atomic E-state index is 0.260. The van der Waals surface area contributed by atoms with Gasteiger partial charge in [-0.3, -0.25) is 9.48 Å². The maximum Gasteiger partial charge on any atom is 0.313 e. The largest absolute Gasteiger partial charge is 0.469 e. The summed E-state index contributed by atoms with van der Waals surface area (Å²) in [5.74, 6) is -0.271. The molecule has 20 heavy (non-hydrogen) atoms. The quantitative estimate of drug-likeness (QED) is 0.838. The number of nitrogens with two attached hydrogens (primary N) is 1. The lowest BCUT2D eigenvalue weighted by Gasteiger charge is -2.24. The van der Waals surface area contributed by atoms with Crippen LogP contribution in [0.1, 0.15) is 50.8 Å². The molecule has 2 N–H and O–H groups in total. The molecule has 1 fully saturated rings. The van der Waals surface area contributed by atoms with Crippen LogP contribution in [-0.4, -0.2) is 29.4 Å². The van der Waals surface area contributed by atoms with Gasteiger partial charge in [-0.1, -0.05) is 19.3 Å². The second-order valence-corrected chi connectivity index (χ2v) is 6.01. The summed E-state index contributed by atoms with van der Waals surface area (Å²) in [5, 5.41) is 4.64. The molecule has 1 aromatic heterocycles. The van der Waals surface area contributed by atoms with Crippen LogP contribution in [0.3, 0.4) is 0 Å². The lowest BCUT2D eigenvalue weighted by molar-refractivity contribution is -0.151. The Morgan fingerprint density at radius 2 is 2.20 bits per heavy atom. The van der Waals surface area contributed by atoms with Gasteiger partial charge >= 0.3 is 5.97 Å².